The molecule has 1 aromatic carbocycles. The van der Waals surface area contributed by atoms with Crippen molar-refractivity contribution in [2.45, 2.75) is 33.7 Å². The molecular weight excluding hydrogens is 236 g/mol. The number of hydrogen-bond donors (Lipinski definition) is 0. The molecule has 18 heavy (non-hydrogen) atoms. The van der Waals surface area contributed by atoms with E-state index < -0.39 is 17.0 Å². The minimum Gasteiger partial charge on any atom is -0.341 e. The number of halogens is 2. The van der Waals surface area contributed by atoms with Crippen LogP contribution in [-0.2, 0) is 11.3 Å². The van der Waals surface area contributed by atoms with Gasteiger partial charge in [-0.3, -0.25) is 4.79 Å². The quantitative estimate of drug-likeness (QED) is 0.808. The van der Waals surface area contributed by atoms with Crippen LogP contribution in [0.1, 0.15) is 32.8 Å². The lowest BCUT2D eigenvalue weighted by Crippen LogP contribution is -2.37. The van der Waals surface area contributed by atoms with Crippen LogP contribution in [0.2, 0.25) is 0 Å². The Bertz CT molecular complexity index is 423. The van der Waals surface area contributed by atoms with E-state index in [4.69, 9.17) is 0 Å². The first kappa shape index (κ1) is 14.6. The summed E-state index contributed by atoms with van der Waals surface area (Å²) in [7, 11) is 1.64. The predicted octanol–water partition coefficient (Wildman–Crippen LogP) is 3.36. The highest BCUT2D eigenvalue weighted by Crippen LogP contribution is 2.23. The van der Waals surface area contributed by atoms with Crippen molar-refractivity contribution in [2.75, 3.05) is 7.05 Å². The maximum atomic E-state index is 13.0. The molecule has 0 saturated carbocycles. The average Bonchev–Trinajstić information content (AvgIpc) is 2.26. The van der Waals surface area contributed by atoms with Crippen LogP contribution in [0.3, 0.4) is 0 Å². The van der Waals surface area contributed by atoms with Crippen molar-refractivity contribution in [1.82, 2.24) is 4.90 Å². The van der Waals surface area contributed by atoms with Gasteiger partial charge in [0.05, 0.1) is 0 Å². The zero-order chi connectivity index (χ0) is 13.9. The monoisotopic (exact) mass is 255 g/mol. The Morgan fingerprint density at radius 1 is 1.22 bits per heavy atom. The van der Waals surface area contributed by atoms with Crippen LogP contribution < -0.4 is 0 Å². The number of carbonyl (C=O) groups is 1. The fourth-order valence-corrected chi connectivity index (χ4v) is 1.72. The van der Waals surface area contributed by atoms with E-state index in [0.717, 1.165) is 6.07 Å². The summed E-state index contributed by atoms with van der Waals surface area (Å²) in [6.07, 6.45) is 0.716. The van der Waals surface area contributed by atoms with Crippen molar-refractivity contribution in [3.63, 3.8) is 0 Å². The molecule has 0 bridgehead atoms. The standard InChI is InChI=1S/C14H19F2NO/c1-5-14(2,3)13(18)17(4)9-10-6-11(15)8-12(16)7-10/h6-8H,5,9H2,1-4H3. The minimum absolute atomic E-state index is 0.0327. The van der Waals surface area contributed by atoms with Gasteiger partial charge < -0.3 is 4.90 Å². The molecule has 0 aliphatic carbocycles. The van der Waals surface area contributed by atoms with Gasteiger partial charge in [-0.25, -0.2) is 8.78 Å². The lowest BCUT2D eigenvalue weighted by atomic mass is 9.88. The second kappa shape index (κ2) is 5.46. The van der Waals surface area contributed by atoms with Crippen LogP contribution in [0.15, 0.2) is 18.2 Å². The number of hydrogen-bond acceptors (Lipinski definition) is 1. The SMILES string of the molecule is CCC(C)(C)C(=O)N(C)Cc1cc(F)cc(F)c1. The van der Waals surface area contributed by atoms with E-state index in [9.17, 15) is 13.6 Å². The first-order chi connectivity index (χ1) is 8.26. The van der Waals surface area contributed by atoms with Crippen molar-refractivity contribution < 1.29 is 13.6 Å². The Morgan fingerprint density at radius 2 is 1.72 bits per heavy atom. The molecule has 100 valence electrons. The Morgan fingerprint density at radius 3 is 2.17 bits per heavy atom. The Labute approximate surface area is 107 Å². The fourth-order valence-electron chi connectivity index (χ4n) is 1.72. The van der Waals surface area contributed by atoms with Crippen LogP contribution in [0.4, 0.5) is 8.78 Å². The highest BCUT2D eigenvalue weighted by atomic mass is 19.1. The average molecular weight is 255 g/mol. The van der Waals surface area contributed by atoms with E-state index in [-0.39, 0.29) is 12.5 Å². The summed E-state index contributed by atoms with van der Waals surface area (Å²) in [6, 6.07) is 3.30. The van der Waals surface area contributed by atoms with Gasteiger partial charge in [0.2, 0.25) is 5.91 Å². The van der Waals surface area contributed by atoms with E-state index in [1.165, 1.54) is 17.0 Å². The molecule has 0 fully saturated rings. The summed E-state index contributed by atoms with van der Waals surface area (Å²) in [5.41, 5.74) is -0.00378. The lowest BCUT2D eigenvalue weighted by molar-refractivity contribution is -0.139. The summed E-state index contributed by atoms with van der Waals surface area (Å²) >= 11 is 0. The zero-order valence-corrected chi connectivity index (χ0v) is 11.3. The van der Waals surface area contributed by atoms with E-state index in [1.54, 1.807) is 7.05 Å². The molecule has 1 amide bonds. The number of nitrogens with zero attached hydrogens (tertiary/aromatic N) is 1. The number of carbonyl (C=O) groups excluding carboxylic acids is 1. The molecule has 0 N–H and O–H groups in total. The molecule has 0 spiro atoms. The number of benzene rings is 1. The second-order valence-corrected chi connectivity index (χ2v) is 5.18. The Hall–Kier alpha value is -1.45. The molecule has 0 unspecified atom stereocenters. The van der Waals surface area contributed by atoms with Crippen molar-refractivity contribution in [1.29, 1.82) is 0 Å². The molecule has 0 radical (unpaired) electrons. The van der Waals surface area contributed by atoms with Gasteiger partial charge in [-0.2, -0.15) is 0 Å². The Kier molecular flexibility index (Phi) is 4.43. The van der Waals surface area contributed by atoms with Gasteiger partial charge in [0.25, 0.3) is 0 Å². The second-order valence-electron chi connectivity index (χ2n) is 5.18. The van der Waals surface area contributed by atoms with Crippen molar-refractivity contribution in [3.05, 3.63) is 35.4 Å². The van der Waals surface area contributed by atoms with Crippen LogP contribution >= 0.6 is 0 Å². The molecule has 1 rings (SSSR count). The highest BCUT2D eigenvalue weighted by Gasteiger charge is 2.28. The largest absolute Gasteiger partial charge is 0.341 e. The molecule has 2 nitrogen and oxygen atoms in total. The van der Waals surface area contributed by atoms with Crippen molar-refractivity contribution in [3.8, 4) is 0 Å². The summed E-state index contributed by atoms with van der Waals surface area (Å²) in [6.45, 7) is 5.86. The summed E-state index contributed by atoms with van der Waals surface area (Å²) in [4.78, 5) is 13.6. The first-order valence-electron chi connectivity index (χ1n) is 5.97. The normalized spacial score (nSPS) is 11.4. The van der Waals surface area contributed by atoms with Crippen LogP contribution in [0, 0.1) is 17.0 Å². The third kappa shape index (κ3) is 3.52. The molecule has 1 aromatic rings. The molecule has 0 saturated heterocycles. The third-order valence-electron chi connectivity index (χ3n) is 3.15. The van der Waals surface area contributed by atoms with E-state index in [0.29, 0.717) is 12.0 Å². The van der Waals surface area contributed by atoms with Crippen molar-refractivity contribution >= 4 is 5.91 Å². The summed E-state index contributed by atoms with van der Waals surface area (Å²) in [5, 5.41) is 0. The third-order valence-corrected chi connectivity index (χ3v) is 3.15. The van der Waals surface area contributed by atoms with Crippen LogP contribution in [-0.4, -0.2) is 17.9 Å². The van der Waals surface area contributed by atoms with Gasteiger partial charge in [-0.15, -0.1) is 0 Å². The minimum atomic E-state index is -0.624. The zero-order valence-electron chi connectivity index (χ0n) is 11.3. The summed E-state index contributed by atoms with van der Waals surface area (Å²) < 4.78 is 26.1. The molecule has 0 aliphatic heterocycles. The van der Waals surface area contributed by atoms with Gasteiger partial charge in [0.15, 0.2) is 0 Å². The van der Waals surface area contributed by atoms with Gasteiger partial charge in [-0.1, -0.05) is 20.8 Å². The van der Waals surface area contributed by atoms with E-state index in [1.807, 2.05) is 20.8 Å². The fraction of sp³-hybridized carbons (Fsp3) is 0.500. The Balaban J connectivity index is 2.81. The van der Waals surface area contributed by atoms with Crippen LogP contribution in [0.25, 0.3) is 0 Å². The molecule has 0 atom stereocenters. The number of amides is 1. The first-order valence-corrected chi connectivity index (χ1v) is 5.97. The topological polar surface area (TPSA) is 20.3 Å². The summed E-state index contributed by atoms with van der Waals surface area (Å²) in [5.74, 6) is -1.28. The molecule has 0 heterocycles. The highest BCUT2D eigenvalue weighted by molar-refractivity contribution is 5.81. The van der Waals surface area contributed by atoms with Crippen LogP contribution in [0.5, 0.6) is 0 Å². The van der Waals surface area contributed by atoms with E-state index in [2.05, 4.69) is 0 Å². The number of rotatable bonds is 4. The van der Waals surface area contributed by atoms with Gasteiger partial charge in [-0.05, 0) is 24.1 Å². The molecular formula is C14H19F2NO. The van der Waals surface area contributed by atoms with E-state index >= 15 is 0 Å². The maximum absolute atomic E-state index is 13.0. The molecule has 0 aliphatic rings. The smallest absolute Gasteiger partial charge is 0.228 e. The van der Waals surface area contributed by atoms with Crippen molar-refractivity contribution in [2.24, 2.45) is 5.41 Å². The van der Waals surface area contributed by atoms with Gasteiger partial charge in [0.1, 0.15) is 11.6 Å². The predicted molar refractivity (Wildman–Crippen MR) is 66.9 cm³/mol. The van der Waals surface area contributed by atoms with Gasteiger partial charge in [0, 0.05) is 25.1 Å². The van der Waals surface area contributed by atoms with Gasteiger partial charge >= 0.3 is 0 Å². The maximum Gasteiger partial charge on any atom is 0.228 e. The molecule has 4 heteroatoms. The molecule has 0 aromatic heterocycles. The lowest BCUT2D eigenvalue weighted by Gasteiger charge is -2.28.